The van der Waals surface area contributed by atoms with Gasteiger partial charge in [-0.05, 0) is 17.2 Å². The molecule has 1 saturated heterocycles. The molecule has 16 nitrogen and oxygen atoms in total. The van der Waals surface area contributed by atoms with Crippen molar-refractivity contribution in [3.63, 3.8) is 0 Å². The quantitative estimate of drug-likeness (QED) is 0.100. The molecule has 0 aliphatic carbocycles. The standard InChI is InChI=1S/C24H26ClN5O11P2/c1-4-24(41-15(3)32)17(11-38-43(36,37)13-42(33,34)35)40-22(19(24)39-14(2)31)30-12-27-18-20(28-23(25)29-21(18)30)26-10-16-8-6-5-7-9-16/h1,5-9,12,17,19,22H,10-11,13H2,2-3H3,(H,36,37)(H,26,28,29)(H2,33,34,35)/t17-,19+,22-,24-/m1/s1. The lowest BCUT2D eigenvalue weighted by molar-refractivity contribution is -0.174. The highest BCUT2D eigenvalue weighted by Gasteiger charge is 2.62. The van der Waals surface area contributed by atoms with Crippen molar-refractivity contribution in [3.8, 4) is 12.3 Å². The Balaban J connectivity index is 1.76. The molecule has 1 fully saturated rings. The molecule has 3 heterocycles. The molecule has 1 aromatic carbocycles. The Morgan fingerprint density at radius 1 is 1.19 bits per heavy atom. The third-order valence-electron chi connectivity index (χ3n) is 6.06. The summed E-state index contributed by atoms with van der Waals surface area (Å²) < 4.78 is 46.8. The predicted molar refractivity (Wildman–Crippen MR) is 150 cm³/mol. The molecule has 0 spiro atoms. The fourth-order valence-electron chi connectivity index (χ4n) is 4.44. The van der Waals surface area contributed by atoms with Crippen molar-refractivity contribution < 1.29 is 52.1 Å². The number of aromatic nitrogens is 4. The van der Waals surface area contributed by atoms with Gasteiger partial charge >= 0.3 is 27.1 Å². The molecule has 1 unspecified atom stereocenters. The molecule has 19 heteroatoms. The van der Waals surface area contributed by atoms with Gasteiger partial charge in [-0.25, -0.2) is 4.98 Å². The summed E-state index contributed by atoms with van der Waals surface area (Å²) in [6.07, 6.45) is 2.43. The summed E-state index contributed by atoms with van der Waals surface area (Å²) in [5.74, 6) is -0.792. The number of hydrogen-bond donors (Lipinski definition) is 4. The third kappa shape index (κ3) is 7.59. The first kappa shape index (κ1) is 32.5. The molecule has 1 aliphatic rings. The summed E-state index contributed by atoms with van der Waals surface area (Å²) >= 11 is 6.22. The molecule has 0 amide bonds. The summed E-state index contributed by atoms with van der Waals surface area (Å²) in [5.41, 5.74) is -0.999. The molecule has 1 aliphatic heterocycles. The van der Waals surface area contributed by atoms with Gasteiger partial charge in [-0.1, -0.05) is 36.3 Å². The molecule has 43 heavy (non-hydrogen) atoms. The predicted octanol–water partition coefficient (Wildman–Crippen LogP) is 2.19. The first-order valence-corrected chi connectivity index (χ1v) is 16.3. The zero-order valence-electron chi connectivity index (χ0n) is 22.6. The fourth-order valence-corrected chi connectivity index (χ4v) is 7.16. The van der Waals surface area contributed by atoms with Crippen LogP contribution in [0.5, 0.6) is 0 Å². The molecule has 5 atom stereocenters. The number of carbonyl (C=O) groups excluding carboxylic acids is 2. The Kier molecular flexibility index (Phi) is 9.60. The normalized spacial score (nSPS) is 23.3. The van der Waals surface area contributed by atoms with Gasteiger partial charge in [0.25, 0.3) is 0 Å². The summed E-state index contributed by atoms with van der Waals surface area (Å²) in [4.78, 5) is 65.5. The van der Waals surface area contributed by atoms with Gasteiger partial charge in [-0.2, -0.15) is 9.97 Å². The summed E-state index contributed by atoms with van der Waals surface area (Å²) in [7, 11) is -9.88. The lowest BCUT2D eigenvalue weighted by Gasteiger charge is -2.32. The van der Waals surface area contributed by atoms with Gasteiger partial charge in [0, 0.05) is 20.4 Å². The number of fused-ring (bicyclic) bond motifs is 1. The Hall–Kier alpha value is -3.38. The van der Waals surface area contributed by atoms with E-state index in [1.54, 1.807) is 0 Å². The van der Waals surface area contributed by atoms with Crippen LogP contribution in [0.3, 0.4) is 0 Å². The second-order valence-electron chi connectivity index (χ2n) is 9.32. The number of nitrogens with zero attached hydrogens (tertiary/aromatic N) is 4. The Morgan fingerprint density at radius 3 is 2.49 bits per heavy atom. The van der Waals surface area contributed by atoms with Gasteiger partial charge in [0.15, 0.2) is 29.1 Å². The number of terminal acetylenes is 1. The van der Waals surface area contributed by atoms with Crippen LogP contribution in [0, 0.1) is 12.3 Å². The van der Waals surface area contributed by atoms with Crippen LogP contribution in [-0.2, 0) is 44.0 Å². The van der Waals surface area contributed by atoms with Crippen LogP contribution in [0.2, 0.25) is 5.28 Å². The lowest BCUT2D eigenvalue weighted by Crippen LogP contribution is -2.53. The van der Waals surface area contributed by atoms with E-state index in [1.807, 2.05) is 30.3 Å². The van der Waals surface area contributed by atoms with Crippen LogP contribution in [0.15, 0.2) is 36.7 Å². The zero-order valence-corrected chi connectivity index (χ0v) is 25.1. The summed E-state index contributed by atoms with van der Waals surface area (Å²) in [5, 5.41) is 2.94. The number of hydrogen-bond acceptors (Lipinski definition) is 12. The first-order chi connectivity index (χ1) is 20.1. The van der Waals surface area contributed by atoms with Gasteiger partial charge < -0.3 is 38.7 Å². The minimum absolute atomic E-state index is 0.0855. The van der Waals surface area contributed by atoms with Crippen molar-refractivity contribution in [2.45, 2.75) is 44.4 Å². The maximum atomic E-state index is 12.4. The van der Waals surface area contributed by atoms with E-state index in [-0.39, 0.29) is 22.3 Å². The first-order valence-electron chi connectivity index (χ1n) is 12.3. The van der Waals surface area contributed by atoms with Crippen LogP contribution in [0.1, 0.15) is 25.6 Å². The maximum Gasteiger partial charge on any atom is 0.340 e. The SMILES string of the molecule is C#C[C@@]1(OC(C)=O)[C@@H](COP(=O)(O)CP(=O)(O)O)O[C@@H](n2cnc3c(NCc4ccccc4)nc(Cl)nc32)[C@@H]1OC(C)=O. The van der Waals surface area contributed by atoms with Crippen molar-refractivity contribution in [3.05, 3.63) is 47.5 Å². The van der Waals surface area contributed by atoms with Crippen LogP contribution in [0.4, 0.5) is 5.82 Å². The average Bonchev–Trinajstić information content (AvgIpc) is 3.44. The van der Waals surface area contributed by atoms with Crippen LogP contribution >= 0.6 is 26.8 Å². The third-order valence-corrected chi connectivity index (χ3v) is 9.68. The number of benzene rings is 1. The smallest absolute Gasteiger partial charge is 0.340 e. The highest BCUT2D eigenvalue weighted by atomic mass is 35.5. The molecule has 4 N–H and O–H groups in total. The molecule has 2 aromatic heterocycles. The number of halogens is 1. The largest absolute Gasteiger partial charge is 0.452 e. The molecule has 0 bridgehead atoms. The van der Waals surface area contributed by atoms with Gasteiger partial charge in [0.1, 0.15) is 6.10 Å². The van der Waals surface area contributed by atoms with E-state index in [0.717, 1.165) is 19.4 Å². The summed E-state index contributed by atoms with van der Waals surface area (Å²) in [6.45, 7) is 1.53. The number of anilines is 1. The minimum atomic E-state index is -4.97. The van der Waals surface area contributed by atoms with Crippen LogP contribution < -0.4 is 5.32 Å². The van der Waals surface area contributed by atoms with E-state index in [2.05, 4.69) is 26.2 Å². The van der Waals surface area contributed by atoms with Crippen molar-refractivity contribution in [2.24, 2.45) is 0 Å². The topological polar surface area (TPSA) is 222 Å². The van der Waals surface area contributed by atoms with E-state index < -0.39 is 63.7 Å². The molecular formula is C24H26ClN5O11P2. The van der Waals surface area contributed by atoms with E-state index in [4.69, 9.17) is 46.5 Å². The Morgan fingerprint density at radius 2 is 1.88 bits per heavy atom. The highest BCUT2D eigenvalue weighted by molar-refractivity contribution is 7.70. The average molecular weight is 658 g/mol. The Labute approximate surface area is 249 Å². The van der Waals surface area contributed by atoms with Crippen molar-refractivity contribution in [1.82, 2.24) is 19.5 Å². The van der Waals surface area contributed by atoms with Crippen molar-refractivity contribution in [1.29, 1.82) is 0 Å². The van der Waals surface area contributed by atoms with E-state index in [0.29, 0.717) is 6.54 Å². The fraction of sp³-hybridized carbons (Fsp3) is 0.375. The zero-order chi connectivity index (χ0) is 31.6. The molecule has 230 valence electrons. The van der Waals surface area contributed by atoms with Crippen LogP contribution in [0.25, 0.3) is 11.2 Å². The lowest BCUT2D eigenvalue weighted by atomic mass is 9.92. The number of imidazole rings is 1. The number of ether oxygens (including phenoxy) is 3. The van der Waals surface area contributed by atoms with E-state index in [9.17, 15) is 23.6 Å². The van der Waals surface area contributed by atoms with Crippen LogP contribution in [-0.4, -0.2) is 76.5 Å². The van der Waals surface area contributed by atoms with Crippen molar-refractivity contribution in [2.75, 3.05) is 17.8 Å². The maximum absolute atomic E-state index is 12.4. The number of nitrogens with one attached hydrogen (secondary N) is 1. The van der Waals surface area contributed by atoms with Gasteiger partial charge in [0.05, 0.1) is 12.9 Å². The number of esters is 2. The Bertz CT molecular complexity index is 1660. The van der Waals surface area contributed by atoms with Gasteiger partial charge in [-0.3, -0.25) is 23.3 Å². The second-order valence-corrected chi connectivity index (χ2v) is 13.7. The van der Waals surface area contributed by atoms with Gasteiger partial charge in [-0.15, -0.1) is 6.42 Å². The van der Waals surface area contributed by atoms with Crippen molar-refractivity contribution >= 4 is 55.7 Å². The molecular weight excluding hydrogens is 632 g/mol. The van der Waals surface area contributed by atoms with E-state index in [1.165, 1.54) is 10.9 Å². The molecule has 0 saturated carbocycles. The number of carbonyl (C=O) groups is 2. The molecule has 3 aromatic rings. The monoisotopic (exact) mass is 657 g/mol. The minimum Gasteiger partial charge on any atom is -0.452 e. The van der Waals surface area contributed by atoms with E-state index >= 15 is 0 Å². The molecule has 4 rings (SSSR count). The summed E-state index contributed by atoms with van der Waals surface area (Å²) in [6, 6.07) is 9.38. The second kappa shape index (κ2) is 12.7. The molecule has 0 radical (unpaired) electrons. The number of rotatable bonds is 11. The van der Waals surface area contributed by atoms with Gasteiger partial charge in [0.2, 0.25) is 17.0 Å². The highest BCUT2D eigenvalue weighted by Crippen LogP contribution is 2.56.